The predicted octanol–water partition coefficient (Wildman–Crippen LogP) is -2.06. The summed E-state index contributed by atoms with van der Waals surface area (Å²) in [6, 6.07) is 0. The molecule has 0 rings (SSSR count). The topological polar surface area (TPSA) is 139 Å². The van der Waals surface area contributed by atoms with Gasteiger partial charge in [-0.15, -0.1) is 0 Å². The number of aliphatic hydroxyl groups is 3. The van der Waals surface area contributed by atoms with Gasteiger partial charge in [-0.05, 0) is 20.8 Å². The molecular weight excluding hydrogens is 186 g/mol. The summed E-state index contributed by atoms with van der Waals surface area (Å²) in [5, 5.41) is 24.3. The molecule has 0 saturated carbocycles. The Balaban J connectivity index is -0.000000131. The van der Waals surface area contributed by atoms with Crippen molar-refractivity contribution in [1.29, 1.82) is 0 Å². The van der Waals surface area contributed by atoms with Crippen LogP contribution in [-0.2, 0) is 0 Å². The van der Waals surface area contributed by atoms with Crippen LogP contribution >= 0.6 is 0 Å². The van der Waals surface area contributed by atoms with Crippen molar-refractivity contribution in [3.05, 3.63) is 0 Å². The second kappa shape index (κ2) is 15.2. The lowest BCUT2D eigenvalue weighted by Gasteiger charge is -1.91. The molecule has 90 valence electrons. The van der Waals surface area contributed by atoms with E-state index in [1.54, 1.807) is 13.8 Å². The van der Waals surface area contributed by atoms with Crippen LogP contribution in [0, 0.1) is 0 Å². The Morgan fingerprint density at radius 2 is 0.929 bits per heavy atom. The monoisotopic (exact) mass is 211 g/mol. The molecule has 6 nitrogen and oxygen atoms in total. The standard InChI is InChI=1S/2C3H9NO.C2H7NO/c2*1-3(5)2-4;1-2(3)4/h2*3,5H,2,4H2,1H3;2,4H,3H2,1H3. The summed E-state index contributed by atoms with van der Waals surface area (Å²) in [4.78, 5) is 0. The lowest BCUT2D eigenvalue weighted by molar-refractivity contribution is 0.203. The lowest BCUT2D eigenvalue weighted by atomic mass is 10.4. The highest BCUT2D eigenvalue weighted by atomic mass is 16.3. The molecule has 0 amide bonds. The fraction of sp³-hybridized carbons (Fsp3) is 1.00. The summed E-state index contributed by atoms with van der Waals surface area (Å²) < 4.78 is 0. The maximum Gasteiger partial charge on any atom is 0.0991 e. The number of hydrogen-bond donors (Lipinski definition) is 6. The molecule has 3 atom stereocenters. The molecule has 0 radical (unpaired) electrons. The van der Waals surface area contributed by atoms with E-state index in [2.05, 4.69) is 5.73 Å². The molecule has 6 heteroatoms. The zero-order chi connectivity index (χ0) is 12.1. The molecule has 3 unspecified atom stereocenters. The molecule has 0 heterocycles. The Morgan fingerprint density at radius 3 is 0.929 bits per heavy atom. The molecule has 14 heavy (non-hydrogen) atoms. The normalized spacial score (nSPS) is 15.2. The average molecular weight is 211 g/mol. The van der Waals surface area contributed by atoms with E-state index in [0.717, 1.165) is 0 Å². The molecule has 0 spiro atoms. The predicted molar refractivity (Wildman–Crippen MR) is 57.3 cm³/mol. The van der Waals surface area contributed by atoms with E-state index in [4.69, 9.17) is 26.8 Å². The highest BCUT2D eigenvalue weighted by molar-refractivity contribution is 4.40. The van der Waals surface area contributed by atoms with Crippen LogP contribution in [0.5, 0.6) is 0 Å². The quantitative estimate of drug-likeness (QED) is 0.290. The molecular formula is C8H25N3O3. The van der Waals surface area contributed by atoms with Gasteiger partial charge < -0.3 is 32.5 Å². The van der Waals surface area contributed by atoms with Crippen LogP contribution in [-0.4, -0.2) is 46.8 Å². The molecule has 9 N–H and O–H groups in total. The summed E-state index contributed by atoms with van der Waals surface area (Å²) in [7, 11) is 0. The molecule has 0 aliphatic rings. The second-order valence-corrected chi connectivity index (χ2v) is 2.91. The molecule has 0 bridgehead atoms. The fourth-order valence-electron chi connectivity index (χ4n) is 0. The van der Waals surface area contributed by atoms with Crippen LogP contribution < -0.4 is 17.2 Å². The first-order valence-electron chi connectivity index (χ1n) is 4.47. The van der Waals surface area contributed by atoms with Gasteiger partial charge in [-0.25, -0.2) is 0 Å². The van der Waals surface area contributed by atoms with Crippen molar-refractivity contribution in [1.82, 2.24) is 0 Å². The summed E-state index contributed by atoms with van der Waals surface area (Å²) in [6.45, 7) is 5.53. The maximum atomic E-state index is 8.24. The van der Waals surface area contributed by atoms with E-state index in [9.17, 15) is 0 Å². The number of rotatable bonds is 2. The Hall–Kier alpha value is -0.240. The summed E-state index contributed by atoms with van der Waals surface area (Å²) >= 11 is 0. The SMILES string of the molecule is CC(N)O.CC(O)CN.CC(O)CN. The first-order chi connectivity index (χ1) is 6.27. The highest BCUT2D eigenvalue weighted by Gasteiger charge is 1.82. The van der Waals surface area contributed by atoms with E-state index >= 15 is 0 Å². The van der Waals surface area contributed by atoms with Crippen LogP contribution in [0.4, 0.5) is 0 Å². The third-order valence-corrected chi connectivity index (χ3v) is 0.682. The largest absolute Gasteiger partial charge is 0.392 e. The highest BCUT2D eigenvalue weighted by Crippen LogP contribution is 1.66. The minimum Gasteiger partial charge on any atom is -0.392 e. The van der Waals surface area contributed by atoms with Gasteiger partial charge in [0, 0.05) is 13.1 Å². The van der Waals surface area contributed by atoms with E-state index in [1.807, 2.05) is 0 Å². The van der Waals surface area contributed by atoms with Gasteiger partial charge >= 0.3 is 0 Å². The Kier molecular flexibility index (Phi) is 21.1. The molecule has 0 aromatic rings. The van der Waals surface area contributed by atoms with Gasteiger partial charge in [0.05, 0.1) is 18.4 Å². The Morgan fingerprint density at radius 1 is 0.857 bits per heavy atom. The van der Waals surface area contributed by atoms with Gasteiger partial charge in [0.1, 0.15) is 0 Å². The van der Waals surface area contributed by atoms with Crippen LogP contribution in [0.25, 0.3) is 0 Å². The van der Waals surface area contributed by atoms with E-state index in [0.29, 0.717) is 13.1 Å². The van der Waals surface area contributed by atoms with Crippen molar-refractivity contribution in [2.75, 3.05) is 13.1 Å². The van der Waals surface area contributed by atoms with Gasteiger partial charge in [-0.3, -0.25) is 0 Å². The molecule has 0 saturated heterocycles. The average Bonchev–Trinajstić information content (AvgIpc) is 2.04. The number of hydrogen-bond acceptors (Lipinski definition) is 6. The molecule has 0 fully saturated rings. The van der Waals surface area contributed by atoms with Crippen molar-refractivity contribution in [2.24, 2.45) is 17.2 Å². The van der Waals surface area contributed by atoms with Crippen molar-refractivity contribution >= 4 is 0 Å². The minimum atomic E-state index is -0.667. The first kappa shape index (κ1) is 19.4. The lowest BCUT2D eigenvalue weighted by Crippen LogP contribution is -2.14. The smallest absolute Gasteiger partial charge is 0.0991 e. The Labute approximate surface area is 85.7 Å². The van der Waals surface area contributed by atoms with Crippen molar-refractivity contribution in [3.8, 4) is 0 Å². The van der Waals surface area contributed by atoms with Crippen LogP contribution in [0.2, 0.25) is 0 Å². The maximum absolute atomic E-state index is 8.24. The number of aliphatic hydroxyl groups excluding tert-OH is 3. The summed E-state index contributed by atoms with van der Waals surface area (Å²) in [6.07, 6.45) is -1.34. The van der Waals surface area contributed by atoms with Gasteiger partial charge in [0.15, 0.2) is 0 Å². The third-order valence-electron chi connectivity index (χ3n) is 0.682. The molecule has 0 aromatic carbocycles. The zero-order valence-corrected chi connectivity index (χ0v) is 9.22. The van der Waals surface area contributed by atoms with Crippen LogP contribution in [0.15, 0.2) is 0 Å². The van der Waals surface area contributed by atoms with Gasteiger partial charge in [0.25, 0.3) is 0 Å². The number of nitrogens with two attached hydrogens (primary N) is 3. The van der Waals surface area contributed by atoms with E-state index in [1.165, 1.54) is 6.92 Å². The van der Waals surface area contributed by atoms with Crippen molar-refractivity contribution in [3.63, 3.8) is 0 Å². The van der Waals surface area contributed by atoms with E-state index in [-0.39, 0.29) is 12.2 Å². The minimum absolute atomic E-state index is 0.338. The Bertz CT molecular complexity index is 79.1. The van der Waals surface area contributed by atoms with Gasteiger partial charge in [0.2, 0.25) is 0 Å². The van der Waals surface area contributed by atoms with Crippen LogP contribution in [0.1, 0.15) is 20.8 Å². The second-order valence-electron chi connectivity index (χ2n) is 2.91. The molecule has 0 aliphatic carbocycles. The van der Waals surface area contributed by atoms with Gasteiger partial charge in [-0.1, -0.05) is 0 Å². The first-order valence-corrected chi connectivity index (χ1v) is 4.47. The van der Waals surface area contributed by atoms with E-state index < -0.39 is 6.23 Å². The van der Waals surface area contributed by atoms with Crippen molar-refractivity contribution in [2.45, 2.75) is 39.2 Å². The van der Waals surface area contributed by atoms with Gasteiger partial charge in [-0.2, -0.15) is 0 Å². The summed E-state index contributed by atoms with van der Waals surface area (Å²) in [5.41, 5.74) is 14.5. The fourth-order valence-corrected chi connectivity index (χ4v) is 0. The van der Waals surface area contributed by atoms with Crippen LogP contribution in [0.3, 0.4) is 0 Å². The molecule has 0 aromatic heterocycles. The third kappa shape index (κ3) is 96.3. The molecule has 0 aliphatic heterocycles. The summed E-state index contributed by atoms with van der Waals surface area (Å²) in [5.74, 6) is 0. The van der Waals surface area contributed by atoms with Crippen molar-refractivity contribution < 1.29 is 15.3 Å². The zero-order valence-electron chi connectivity index (χ0n) is 9.22.